The van der Waals surface area contributed by atoms with Gasteiger partial charge in [0.05, 0.1) is 0 Å². The van der Waals surface area contributed by atoms with E-state index in [9.17, 15) is 29.2 Å². The number of nitrogens with two attached hydrogens (primary N) is 1. The largest absolute Gasteiger partial charge is 0.477 e. The molecule has 0 bridgehead atoms. The molecule has 2 aliphatic rings. The summed E-state index contributed by atoms with van der Waals surface area (Å²) in [6.45, 7) is 0.450. The van der Waals surface area contributed by atoms with Crippen molar-refractivity contribution in [3.63, 3.8) is 0 Å². The van der Waals surface area contributed by atoms with Crippen LogP contribution in [-0.4, -0.2) is 73.6 Å². The van der Waals surface area contributed by atoms with Gasteiger partial charge in [-0.3, -0.25) is 24.3 Å². The molecule has 5 N–H and O–H groups in total. The fourth-order valence-electron chi connectivity index (χ4n) is 3.59. The smallest absolute Gasteiger partial charge is 0.353 e. The molecule has 1 unspecified atom stereocenters. The number of thiazole rings is 1. The topological polar surface area (TPSA) is 197 Å². The third-order valence-electron chi connectivity index (χ3n) is 5.24. The van der Waals surface area contributed by atoms with Crippen molar-refractivity contribution in [2.24, 2.45) is 5.18 Å². The number of hydrogen-bond acceptors (Lipinski definition) is 13. The maximum Gasteiger partial charge on any atom is 0.353 e. The Bertz CT molecular complexity index is 1320. The van der Waals surface area contributed by atoms with E-state index in [4.69, 9.17) is 17.3 Å². The van der Waals surface area contributed by atoms with Crippen LogP contribution < -0.4 is 16.4 Å². The van der Waals surface area contributed by atoms with Crippen LogP contribution in [-0.2, 0) is 19.2 Å². The summed E-state index contributed by atoms with van der Waals surface area (Å²) >= 11 is 10.8. The Morgan fingerprint density at radius 1 is 1.42 bits per heavy atom. The van der Waals surface area contributed by atoms with Crippen molar-refractivity contribution in [1.82, 2.24) is 25.5 Å². The Kier molecular flexibility index (Phi) is 9.14. The Morgan fingerprint density at radius 3 is 2.87 bits per heavy atom. The van der Waals surface area contributed by atoms with Crippen molar-refractivity contribution in [3.8, 4) is 0 Å². The number of fused-ring (bicyclic) bond motifs is 1. The van der Waals surface area contributed by atoms with Crippen molar-refractivity contribution in [2.45, 2.75) is 27.2 Å². The van der Waals surface area contributed by atoms with Crippen LogP contribution in [0.1, 0.15) is 11.7 Å². The Hall–Kier alpha value is -2.86. The van der Waals surface area contributed by atoms with Gasteiger partial charge in [-0.25, -0.2) is 9.78 Å². The van der Waals surface area contributed by atoms with Crippen molar-refractivity contribution in [2.75, 3.05) is 23.8 Å². The molecule has 0 spiro atoms. The lowest BCUT2D eigenvalue weighted by atomic mass is 10.0. The number of pyridine rings is 1. The molecule has 4 rings (SSSR count). The van der Waals surface area contributed by atoms with Crippen LogP contribution in [0, 0.1) is 4.91 Å². The fraction of sp³-hybridized carbons (Fsp3) is 0.300. The number of amides is 3. The Morgan fingerprint density at radius 2 is 2.21 bits per heavy atom. The van der Waals surface area contributed by atoms with Gasteiger partial charge in [-0.2, -0.15) is 0 Å². The van der Waals surface area contributed by atoms with Gasteiger partial charge < -0.3 is 21.5 Å². The van der Waals surface area contributed by atoms with Gasteiger partial charge in [0.25, 0.3) is 11.8 Å². The van der Waals surface area contributed by atoms with Crippen LogP contribution in [0.2, 0.25) is 4.34 Å². The molecular formula is C20H18ClN7O6S4. The summed E-state index contributed by atoms with van der Waals surface area (Å²) in [4.78, 5) is 70.9. The van der Waals surface area contributed by atoms with Crippen LogP contribution in [0.25, 0.3) is 0 Å². The molecule has 2 aromatic rings. The lowest BCUT2D eigenvalue weighted by Gasteiger charge is -2.49. The van der Waals surface area contributed by atoms with E-state index in [1.807, 2.05) is 0 Å². The van der Waals surface area contributed by atoms with Gasteiger partial charge in [-0.15, -0.1) is 28.4 Å². The zero-order valence-electron chi connectivity index (χ0n) is 19.0. The molecule has 4 heterocycles. The SMILES string of the molecule is Nc1nc(C(N=O)C(=O)N[C@@H]2C(=O)N3C(C(=O)O)=C(Sc4ccncc4SCCNC=O)CS[C@@H]23)c(Cl)s1. The van der Waals surface area contributed by atoms with Gasteiger partial charge in [0, 0.05) is 45.1 Å². The number of thioether (sulfide) groups is 3. The standard InChI is InChI=1S/C20H18ClN7O6S4/c21-15-11(26-20(22)38-15)12(27-34)16(30)25-13-17(31)28-14(19(32)33)10(6-36-18(13)28)37-8-1-2-23-5-9(8)35-4-3-24-7-29/h1-2,5,7,12-13,18H,3-4,6H2,(H2,22,26)(H,24,29)(H,25,30)(H,32,33)/t12?,13-,18+/m1/s1. The summed E-state index contributed by atoms with van der Waals surface area (Å²) in [5.41, 5.74) is 5.29. The summed E-state index contributed by atoms with van der Waals surface area (Å²) in [5, 5.41) is 17.2. The molecular weight excluding hydrogens is 598 g/mol. The second-order valence-corrected chi connectivity index (χ2v) is 12.5. The molecule has 2 aromatic heterocycles. The highest BCUT2D eigenvalue weighted by Crippen LogP contribution is 2.46. The van der Waals surface area contributed by atoms with E-state index >= 15 is 0 Å². The monoisotopic (exact) mass is 615 g/mol. The molecule has 3 atom stereocenters. The van der Waals surface area contributed by atoms with E-state index in [-0.39, 0.29) is 26.6 Å². The van der Waals surface area contributed by atoms with Gasteiger partial charge >= 0.3 is 5.97 Å². The Labute approximate surface area is 236 Å². The molecule has 0 radical (unpaired) electrons. The van der Waals surface area contributed by atoms with Crippen LogP contribution in [0.3, 0.4) is 0 Å². The van der Waals surface area contributed by atoms with Crippen molar-refractivity contribution in [1.29, 1.82) is 0 Å². The number of rotatable bonds is 12. The van der Waals surface area contributed by atoms with Gasteiger partial charge in [0.1, 0.15) is 27.1 Å². The molecule has 0 saturated carbocycles. The van der Waals surface area contributed by atoms with Gasteiger partial charge in [0.15, 0.2) is 5.13 Å². The number of anilines is 1. The molecule has 18 heteroatoms. The number of halogens is 1. The molecule has 1 fully saturated rings. The second kappa shape index (κ2) is 12.3. The summed E-state index contributed by atoms with van der Waals surface area (Å²) in [7, 11) is 0. The molecule has 13 nitrogen and oxygen atoms in total. The molecule has 1 saturated heterocycles. The first-order valence-corrected chi connectivity index (χ1v) is 14.7. The molecule has 3 amide bonds. The van der Waals surface area contributed by atoms with Crippen molar-refractivity contribution >= 4 is 87.5 Å². The number of nitrogens with one attached hydrogen (secondary N) is 2. The quantitative estimate of drug-likeness (QED) is 0.0891. The van der Waals surface area contributed by atoms with Crippen LogP contribution >= 0.6 is 58.2 Å². The highest BCUT2D eigenvalue weighted by molar-refractivity contribution is 8.07. The van der Waals surface area contributed by atoms with Crippen molar-refractivity contribution < 1.29 is 24.3 Å². The third-order valence-corrected chi connectivity index (χ3v) is 10.1. The Balaban J connectivity index is 1.50. The number of carboxylic acids is 1. The normalized spacial score (nSPS) is 19.3. The minimum atomic E-state index is -1.61. The minimum absolute atomic E-state index is 0.0299. The molecule has 38 heavy (non-hydrogen) atoms. The molecule has 2 aliphatic heterocycles. The first-order chi connectivity index (χ1) is 18.3. The van der Waals surface area contributed by atoms with E-state index < -0.39 is 35.2 Å². The van der Waals surface area contributed by atoms with E-state index in [1.54, 1.807) is 18.5 Å². The number of carbonyl (C=O) groups is 4. The van der Waals surface area contributed by atoms with Crippen molar-refractivity contribution in [3.05, 3.63) is 44.0 Å². The predicted octanol–water partition coefficient (Wildman–Crippen LogP) is 1.91. The highest BCUT2D eigenvalue weighted by Gasteiger charge is 2.55. The third kappa shape index (κ3) is 5.75. The first kappa shape index (κ1) is 28.2. The van der Waals surface area contributed by atoms with Crippen LogP contribution in [0.5, 0.6) is 0 Å². The highest BCUT2D eigenvalue weighted by atomic mass is 35.5. The number of aliphatic carboxylic acids is 1. The van der Waals surface area contributed by atoms with Crippen LogP contribution in [0.4, 0.5) is 5.13 Å². The number of nitrogen functional groups attached to an aromatic ring is 1. The molecule has 0 aromatic carbocycles. The van der Waals surface area contributed by atoms with Gasteiger partial charge in [-0.05, 0) is 11.2 Å². The molecule has 200 valence electrons. The summed E-state index contributed by atoms with van der Waals surface area (Å²) in [6.07, 6.45) is 3.84. The summed E-state index contributed by atoms with van der Waals surface area (Å²) in [6, 6.07) is -0.936. The number of nitrogens with zero attached hydrogens (tertiary/aromatic N) is 4. The number of carbonyl (C=O) groups excluding carboxylic acids is 3. The lowest BCUT2D eigenvalue weighted by Crippen LogP contribution is -2.70. The van der Waals surface area contributed by atoms with E-state index in [1.165, 1.54) is 35.3 Å². The fourth-order valence-corrected chi connectivity index (χ4v) is 8.12. The van der Waals surface area contributed by atoms with E-state index in [2.05, 4.69) is 25.8 Å². The number of nitroso groups, excluding NO2 is 1. The first-order valence-electron chi connectivity index (χ1n) is 10.6. The maximum atomic E-state index is 13.0. The molecule has 0 aliphatic carbocycles. The van der Waals surface area contributed by atoms with Crippen LogP contribution in [0.15, 0.2) is 44.0 Å². The zero-order valence-corrected chi connectivity index (χ0v) is 23.1. The number of hydrogen-bond donors (Lipinski definition) is 4. The lowest BCUT2D eigenvalue weighted by molar-refractivity contribution is -0.150. The number of carboxylic acid groups (broad SMARTS) is 1. The average Bonchev–Trinajstić information content (AvgIpc) is 3.23. The summed E-state index contributed by atoms with van der Waals surface area (Å²) in [5.74, 6) is -1.97. The van der Waals surface area contributed by atoms with Gasteiger partial charge in [-0.1, -0.05) is 34.7 Å². The summed E-state index contributed by atoms with van der Waals surface area (Å²) < 4.78 is 0.0299. The second-order valence-electron chi connectivity index (χ2n) is 7.54. The van der Waals surface area contributed by atoms with E-state index in [0.717, 1.165) is 26.0 Å². The minimum Gasteiger partial charge on any atom is -0.477 e. The predicted molar refractivity (Wildman–Crippen MR) is 145 cm³/mol. The van der Waals surface area contributed by atoms with Gasteiger partial charge in [0.2, 0.25) is 12.5 Å². The number of β-lactam (4-membered cyclic amide) rings is 1. The van der Waals surface area contributed by atoms with E-state index in [0.29, 0.717) is 23.6 Å². The number of aromatic nitrogens is 2. The maximum absolute atomic E-state index is 13.0. The zero-order chi connectivity index (χ0) is 27.4. The average molecular weight is 616 g/mol.